The van der Waals surface area contributed by atoms with Gasteiger partial charge in [-0.2, -0.15) is 10.2 Å². The largest absolute Gasteiger partial charge is 0.342 e. The second-order valence-electron chi connectivity index (χ2n) is 9.28. The van der Waals surface area contributed by atoms with E-state index in [1.165, 1.54) is 4.57 Å². The predicted molar refractivity (Wildman–Crippen MR) is 150 cm³/mol. The molecule has 10 heteroatoms. The van der Waals surface area contributed by atoms with Crippen molar-refractivity contribution < 1.29 is 4.79 Å². The lowest BCUT2D eigenvalue weighted by molar-refractivity contribution is 0.0938. The summed E-state index contributed by atoms with van der Waals surface area (Å²) in [6.45, 7) is 3.56. The number of carbonyl (C=O) groups is 1. The lowest BCUT2D eigenvalue weighted by atomic mass is 10.1. The van der Waals surface area contributed by atoms with Crippen LogP contribution in [0, 0.1) is 18.8 Å². The highest BCUT2D eigenvalue weighted by Gasteiger charge is 2.24. The molecular formula is C30H24N8O2. The van der Waals surface area contributed by atoms with Crippen molar-refractivity contribution in [1.82, 2.24) is 39.2 Å². The highest BCUT2D eigenvalue weighted by molar-refractivity contribution is 6.01. The standard InChI is InChI=1S/C30H24N8O2/c1-19-25(28-31-16-8-18-37(28)35-19)29(39)33-20(2)27-34-24-12-7-9-21(13-14-22-15-17-32-36(22)3)26(24)30(40)38(27)23-10-5-4-6-11-23/h4-12,15-18,20H,1-3H3,(H,33,39)/t20-/m0/s1. The van der Waals surface area contributed by atoms with Crippen LogP contribution >= 0.6 is 0 Å². The lowest BCUT2D eigenvalue weighted by Gasteiger charge is -2.20. The van der Waals surface area contributed by atoms with Crippen LogP contribution in [0.3, 0.4) is 0 Å². The molecule has 0 spiro atoms. The van der Waals surface area contributed by atoms with E-state index in [0.717, 1.165) is 5.69 Å². The Morgan fingerprint density at radius 1 is 1.00 bits per heavy atom. The number of rotatable bonds is 4. The summed E-state index contributed by atoms with van der Waals surface area (Å²) in [4.78, 5) is 36.8. The molecule has 1 amide bonds. The van der Waals surface area contributed by atoms with Crippen molar-refractivity contribution in [2.45, 2.75) is 19.9 Å². The Labute approximate surface area is 228 Å². The van der Waals surface area contributed by atoms with Crippen molar-refractivity contribution in [2.75, 3.05) is 0 Å². The van der Waals surface area contributed by atoms with E-state index in [-0.39, 0.29) is 11.5 Å². The smallest absolute Gasteiger partial charge is 0.267 e. The third-order valence-electron chi connectivity index (χ3n) is 6.62. The average Bonchev–Trinajstić information content (AvgIpc) is 3.53. The first kappa shape index (κ1) is 24.8. The molecule has 1 atom stereocenters. The minimum Gasteiger partial charge on any atom is -0.342 e. The number of para-hydroxylation sites is 1. The molecule has 0 aliphatic carbocycles. The van der Waals surface area contributed by atoms with E-state index in [0.29, 0.717) is 44.9 Å². The fourth-order valence-electron chi connectivity index (χ4n) is 4.69. The normalized spacial score (nSPS) is 11.8. The van der Waals surface area contributed by atoms with E-state index in [1.807, 2.05) is 49.5 Å². The van der Waals surface area contributed by atoms with E-state index < -0.39 is 6.04 Å². The van der Waals surface area contributed by atoms with Crippen LogP contribution in [0.25, 0.3) is 22.2 Å². The fourth-order valence-corrected chi connectivity index (χ4v) is 4.69. The minimum atomic E-state index is -0.632. The van der Waals surface area contributed by atoms with Gasteiger partial charge in [0.25, 0.3) is 11.5 Å². The van der Waals surface area contributed by atoms with E-state index in [1.54, 1.807) is 59.8 Å². The Balaban J connectivity index is 1.48. The van der Waals surface area contributed by atoms with Crippen molar-refractivity contribution in [1.29, 1.82) is 0 Å². The molecule has 196 valence electrons. The Hall–Kier alpha value is -5.56. The number of amides is 1. The molecule has 10 nitrogen and oxygen atoms in total. The third kappa shape index (κ3) is 4.29. The van der Waals surface area contributed by atoms with Gasteiger partial charge in [-0.3, -0.25) is 18.8 Å². The van der Waals surface area contributed by atoms with Gasteiger partial charge in [-0.15, -0.1) is 0 Å². The molecule has 6 rings (SSSR count). The van der Waals surface area contributed by atoms with Crippen molar-refractivity contribution >= 4 is 22.5 Å². The SMILES string of the molecule is Cc1nn2cccnc2c1C(=O)N[C@@H](C)c1nc2cccc(C#Cc3ccnn3C)c2c(=O)n1-c1ccccc1. The molecule has 4 heterocycles. The molecule has 1 N–H and O–H groups in total. The van der Waals surface area contributed by atoms with Crippen LogP contribution in [0.5, 0.6) is 0 Å². The number of hydrogen-bond donors (Lipinski definition) is 1. The van der Waals surface area contributed by atoms with Crippen molar-refractivity contribution in [3.63, 3.8) is 0 Å². The van der Waals surface area contributed by atoms with Crippen molar-refractivity contribution in [3.05, 3.63) is 118 Å². The van der Waals surface area contributed by atoms with Crippen LogP contribution in [-0.2, 0) is 7.05 Å². The van der Waals surface area contributed by atoms with Crippen LogP contribution < -0.4 is 10.9 Å². The summed E-state index contributed by atoms with van der Waals surface area (Å²) in [6, 6.07) is 17.5. The second-order valence-corrected chi connectivity index (χ2v) is 9.28. The van der Waals surface area contributed by atoms with E-state index in [2.05, 4.69) is 32.3 Å². The quantitative estimate of drug-likeness (QED) is 0.351. The molecular weight excluding hydrogens is 504 g/mol. The van der Waals surface area contributed by atoms with E-state index >= 15 is 0 Å². The number of aryl methyl sites for hydroxylation is 2. The van der Waals surface area contributed by atoms with Gasteiger partial charge in [-0.1, -0.05) is 30.2 Å². The number of aromatic nitrogens is 7. The summed E-state index contributed by atoms with van der Waals surface area (Å²) in [5.41, 5.74) is 3.47. The molecule has 0 aliphatic heterocycles. The van der Waals surface area contributed by atoms with Gasteiger partial charge in [-0.05, 0) is 56.2 Å². The van der Waals surface area contributed by atoms with Gasteiger partial charge in [0.1, 0.15) is 17.1 Å². The fraction of sp³-hybridized carbons (Fsp3) is 0.133. The lowest BCUT2D eigenvalue weighted by Crippen LogP contribution is -2.33. The maximum Gasteiger partial charge on any atom is 0.267 e. The average molecular weight is 529 g/mol. The molecule has 0 unspecified atom stereocenters. The summed E-state index contributed by atoms with van der Waals surface area (Å²) >= 11 is 0. The van der Waals surface area contributed by atoms with Crippen LogP contribution in [0.15, 0.2) is 84.0 Å². The van der Waals surface area contributed by atoms with Crippen LogP contribution in [0.4, 0.5) is 0 Å². The zero-order chi connectivity index (χ0) is 27.8. The van der Waals surface area contributed by atoms with Crippen molar-refractivity contribution in [3.8, 4) is 17.5 Å². The van der Waals surface area contributed by atoms with Gasteiger partial charge in [0.05, 0.1) is 34.5 Å². The first-order valence-corrected chi connectivity index (χ1v) is 12.6. The van der Waals surface area contributed by atoms with Gasteiger partial charge in [-0.25, -0.2) is 14.5 Å². The molecule has 0 radical (unpaired) electrons. The summed E-state index contributed by atoms with van der Waals surface area (Å²) < 4.78 is 4.77. The molecule has 0 fully saturated rings. The minimum absolute atomic E-state index is 0.281. The van der Waals surface area contributed by atoms with Gasteiger partial charge < -0.3 is 5.32 Å². The predicted octanol–water partition coefficient (Wildman–Crippen LogP) is 3.36. The number of carbonyl (C=O) groups excluding carboxylic acids is 1. The zero-order valence-corrected chi connectivity index (χ0v) is 22.0. The molecule has 2 aromatic carbocycles. The zero-order valence-electron chi connectivity index (χ0n) is 22.0. The number of benzene rings is 2. The Morgan fingerprint density at radius 2 is 1.82 bits per heavy atom. The monoisotopic (exact) mass is 528 g/mol. The summed E-state index contributed by atoms with van der Waals surface area (Å²) in [5.74, 6) is 6.24. The Morgan fingerprint density at radius 3 is 2.60 bits per heavy atom. The molecule has 4 aromatic heterocycles. The first-order valence-electron chi connectivity index (χ1n) is 12.6. The maximum atomic E-state index is 14.1. The van der Waals surface area contributed by atoms with Gasteiger partial charge >= 0.3 is 0 Å². The number of hydrogen-bond acceptors (Lipinski definition) is 6. The molecule has 40 heavy (non-hydrogen) atoms. The van der Waals surface area contributed by atoms with Gasteiger partial charge in [0, 0.05) is 25.0 Å². The second kappa shape index (κ2) is 9.96. The highest BCUT2D eigenvalue weighted by Crippen LogP contribution is 2.21. The first-order chi connectivity index (χ1) is 19.4. The molecule has 0 aliphatic rings. The summed E-state index contributed by atoms with van der Waals surface area (Å²) in [7, 11) is 1.81. The molecule has 0 bridgehead atoms. The Bertz CT molecular complexity index is 2030. The van der Waals surface area contributed by atoms with Crippen LogP contribution in [-0.4, -0.2) is 39.8 Å². The summed E-state index contributed by atoms with van der Waals surface area (Å²) in [5, 5.41) is 11.9. The molecule has 6 aromatic rings. The molecule has 0 saturated heterocycles. The van der Waals surface area contributed by atoms with Crippen LogP contribution in [0.1, 0.15) is 46.1 Å². The van der Waals surface area contributed by atoms with Crippen molar-refractivity contribution in [2.24, 2.45) is 7.05 Å². The maximum absolute atomic E-state index is 14.1. The Kier molecular flexibility index (Phi) is 6.16. The number of nitrogens with zero attached hydrogens (tertiary/aromatic N) is 7. The van der Waals surface area contributed by atoms with Gasteiger partial charge in [0.15, 0.2) is 5.65 Å². The van der Waals surface area contributed by atoms with E-state index in [4.69, 9.17) is 4.98 Å². The highest BCUT2D eigenvalue weighted by atomic mass is 16.2. The number of fused-ring (bicyclic) bond motifs is 2. The summed E-state index contributed by atoms with van der Waals surface area (Å²) in [6.07, 6.45) is 5.02. The number of nitrogens with one attached hydrogen (secondary N) is 1. The van der Waals surface area contributed by atoms with E-state index in [9.17, 15) is 9.59 Å². The topological polar surface area (TPSA) is 112 Å². The van der Waals surface area contributed by atoms with Gasteiger partial charge in [0.2, 0.25) is 0 Å². The molecule has 0 saturated carbocycles. The van der Waals surface area contributed by atoms with Crippen LogP contribution in [0.2, 0.25) is 0 Å². The third-order valence-corrected chi connectivity index (χ3v) is 6.62.